The zero-order valence-corrected chi connectivity index (χ0v) is 13.8. The SMILES string of the molecule is O=C(NCCC1=CCCCC1)C1CCN(c2ccncc2)CC1. The smallest absolute Gasteiger partial charge is 0.223 e. The summed E-state index contributed by atoms with van der Waals surface area (Å²) < 4.78 is 0. The van der Waals surface area contributed by atoms with Gasteiger partial charge in [-0.05, 0) is 57.1 Å². The molecule has 0 aromatic carbocycles. The Morgan fingerprint density at radius 3 is 2.70 bits per heavy atom. The molecule has 0 saturated carbocycles. The Labute approximate surface area is 139 Å². The molecule has 1 aromatic heterocycles. The number of hydrogen-bond acceptors (Lipinski definition) is 3. The van der Waals surface area contributed by atoms with E-state index < -0.39 is 0 Å². The van der Waals surface area contributed by atoms with Gasteiger partial charge in [-0.15, -0.1) is 0 Å². The van der Waals surface area contributed by atoms with Crippen molar-refractivity contribution in [3.63, 3.8) is 0 Å². The van der Waals surface area contributed by atoms with E-state index in [-0.39, 0.29) is 11.8 Å². The van der Waals surface area contributed by atoms with Gasteiger partial charge in [-0.2, -0.15) is 0 Å². The lowest BCUT2D eigenvalue weighted by Gasteiger charge is -2.32. The third-order valence-corrected chi connectivity index (χ3v) is 5.02. The molecular formula is C19H27N3O. The average molecular weight is 313 g/mol. The van der Waals surface area contributed by atoms with Crippen LogP contribution in [0.2, 0.25) is 0 Å². The minimum atomic E-state index is 0.174. The third-order valence-electron chi connectivity index (χ3n) is 5.02. The Morgan fingerprint density at radius 2 is 2.00 bits per heavy atom. The Bertz CT molecular complexity index is 533. The summed E-state index contributed by atoms with van der Waals surface area (Å²) in [5.74, 6) is 0.421. The monoisotopic (exact) mass is 313 g/mol. The van der Waals surface area contributed by atoms with Crippen molar-refractivity contribution in [2.24, 2.45) is 5.92 Å². The first-order valence-corrected chi connectivity index (χ1v) is 8.93. The van der Waals surface area contributed by atoms with Crippen LogP contribution < -0.4 is 10.2 Å². The summed E-state index contributed by atoms with van der Waals surface area (Å²) >= 11 is 0. The number of rotatable bonds is 5. The van der Waals surface area contributed by atoms with Crippen molar-refractivity contribution in [2.45, 2.75) is 44.9 Å². The number of nitrogens with zero attached hydrogens (tertiary/aromatic N) is 2. The van der Waals surface area contributed by atoms with E-state index >= 15 is 0 Å². The van der Waals surface area contributed by atoms with Crippen molar-refractivity contribution in [2.75, 3.05) is 24.5 Å². The van der Waals surface area contributed by atoms with Gasteiger partial charge < -0.3 is 10.2 Å². The van der Waals surface area contributed by atoms with Crippen LogP contribution in [-0.4, -0.2) is 30.5 Å². The Balaban J connectivity index is 1.39. The molecular weight excluding hydrogens is 286 g/mol. The molecule has 2 heterocycles. The number of aromatic nitrogens is 1. The van der Waals surface area contributed by atoms with Gasteiger partial charge in [0.1, 0.15) is 0 Å². The lowest BCUT2D eigenvalue weighted by Crippen LogP contribution is -2.40. The molecule has 23 heavy (non-hydrogen) atoms. The number of carbonyl (C=O) groups is 1. The van der Waals surface area contributed by atoms with Crippen molar-refractivity contribution in [1.82, 2.24) is 10.3 Å². The maximum absolute atomic E-state index is 12.3. The first kappa shape index (κ1) is 16.0. The Hall–Kier alpha value is -1.84. The second-order valence-electron chi connectivity index (χ2n) is 6.62. The molecule has 1 fully saturated rings. The number of piperidine rings is 1. The topological polar surface area (TPSA) is 45.2 Å². The Kier molecular flexibility index (Phi) is 5.67. The summed E-state index contributed by atoms with van der Waals surface area (Å²) in [6.45, 7) is 2.70. The van der Waals surface area contributed by atoms with Crippen LogP contribution in [0.3, 0.4) is 0 Å². The van der Waals surface area contributed by atoms with Gasteiger partial charge in [0.05, 0.1) is 0 Å². The number of amides is 1. The summed E-state index contributed by atoms with van der Waals surface area (Å²) in [7, 11) is 0. The maximum atomic E-state index is 12.3. The van der Waals surface area contributed by atoms with Crippen LogP contribution in [0, 0.1) is 5.92 Å². The molecule has 2 aliphatic rings. The summed E-state index contributed by atoms with van der Waals surface area (Å²) in [5.41, 5.74) is 2.74. The predicted octanol–water partition coefficient (Wildman–Crippen LogP) is 3.30. The fourth-order valence-corrected chi connectivity index (χ4v) is 3.58. The molecule has 1 aliphatic carbocycles. The summed E-state index contributed by atoms with van der Waals surface area (Å²) in [6, 6.07) is 4.08. The molecule has 4 nitrogen and oxygen atoms in total. The normalized spacial score (nSPS) is 19.3. The zero-order chi connectivity index (χ0) is 15.9. The van der Waals surface area contributed by atoms with E-state index in [0.29, 0.717) is 0 Å². The number of pyridine rings is 1. The van der Waals surface area contributed by atoms with E-state index in [4.69, 9.17) is 0 Å². The van der Waals surface area contributed by atoms with E-state index in [1.54, 1.807) is 0 Å². The average Bonchev–Trinajstić information content (AvgIpc) is 2.63. The van der Waals surface area contributed by atoms with Crippen molar-refractivity contribution in [3.8, 4) is 0 Å². The molecule has 124 valence electrons. The number of nitrogens with one attached hydrogen (secondary N) is 1. The third kappa shape index (κ3) is 4.57. The largest absolute Gasteiger partial charge is 0.371 e. The molecule has 0 atom stereocenters. The fourth-order valence-electron chi connectivity index (χ4n) is 3.58. The lowest BCUT2D eigenvalue weighted by atomic mass is 9.95. The van der Waals surface area contributed by atoms with E-state index in [1.165, 1.54) is 36.9 Å². The van der Waals surface area contributed by atoms with E-state index in [9.17, 15) is 4.79 Å². The second kappa shape index (κ2) is 8.14. The highest BCUT2D eigenvalue weighted by molar-refractivity contribution is 5.79. The molecule has 0 radical (unpaired) electrons. The summed E-state index contributed by atoms with van der Waals surface area (Å²) in [4.78, 5) is 18.7. The van der Waals surface area contributed by atoms with Crippen LogP contribution in [0.15, 0.2) is 36.2 Å². The van der Waals surface area contributed by atoms with Crippen molar-refractivity contribution in [1.29, 1.82) is 0 Å². The highest BCUT2D eigenvalue weighted by Gasteiger charge is 2.24. The summed E-state index contributed by atoms with van der Waals surface area (Å²) in [6.07, 6.45) is 14.0. The number of hydrogen-bond donors (Lipinski definition) is 1. The van der Waals surface area contributed by atoms with Gasteiger partial charge >= 0.3 is 0 Å². The van der Waals surface area contributed by atoms with Crippen molar-refractivity contribution < 1.29 is 4.79 Å². The highest BCUT2D eigenvalue weighted by Crippen LogP contribution is 2.23. The maximum Gasteiger partial charge on any atom is 0.223 e. The first-order valence-electron chi connectivity index (χ1n) is 8.93. The molecule has 1 aliphatic heterocycles. The first-order chi connectivity index (χ1) is 11.3. The second-order valence-corrected chi connectivity index (χ2v) is 6.62. The van der Waals surface area contributed by atoms with Gasteiger partial charge in [-0.1, -0.05) is 11.6 Å². The van der Waals surface area contributed by atoms with Gasteiger partial charge in [-0.25, -0.2) is 0 Å². The molecule has 0 bridgehead atoms. The van der Waals surface area contributed by atoms with Gasteiger partial charge in [-0.3, -0.25) is 9.78 Å². The lowest BCUT2D eigenvalue weighted by molar-refractivity contribution is -0.125. The van der Waals surface area contributed by atoms with Crippen LogP contribution in [0.4, 0.5) is 5.69 Å². The molecule has 1 saturated heterocycles. The number of carbonyl (C=O) groups excluding carboxylic acids is 1. The van der Waals surface area contributed by atoms with Gasteiger partial charge in [0.15, 0.2) is 0 Å². The van der Waals surface area contributed by atoms with Crippen LogP contribution >= 0.6 is 0 Å². The predicted molar refractivity (Wildman–Crippen MR) is 93.4 cm³/mol. The summed E-state index contributed by atoms with van der Waals surface area (Å²) in [5, 5.41) is 3.15. The molecule has 1 amide bonds. The van der Waals surface area contributed by atoms with E-state index in [2.05, 4.69) is 21.3 Å². The Morgan fingerprint density at radius 1 is 1.22 bits per heavy atom. The quantitative estimate of drug-likeness (QED) is 0.848. The molecule has 1 aromatic rings. The fraction of sp³-hybridized carbons (Fsp3) is 0.579. The minimum Gasteiger partial charge on any atom is -0.371 e. The standard InChI is InChI=1S/C19H27N3O/c23-19(21-13-6-16-4-2-1-3-5-16)17-9-14-22(15-10-17)18-7-11-20-12-8-18/h4,7-8,11-12,17H,1-3,5-6,9-10,13-15H2,(H,21,23). The van der Waals surface area contributed by atoms with E-state index in [0.717, 1.165) is 38.9 Å². The van der Waals surface area contributed by atoms with E-state index in [1.807, 2.05) is 24.5 Å². The van der Waals surface area contributed by atoms with Crippen LogP contribution in [-0.2, 0) is 4.79 Å². The minimum absolute atomic E-state index is 0.174. The van der Waals surface area contributed by atoms with Gasteiger partial charge in [0.2, 0.25) is 5.91 Å². The van der Waals surface area contributed by atoms with Crippen LogP contribution in [0.25, 0.3) is 0 Å². The van der Waals surface area contributed by atoms with Crippen LogP contribution in [0.5, 0.6) is 0 Å². The number of anilines is 1. The molecule has 4 heteroatoms. The molecule has 3 rings (SSSR count). The van der Waals surface area contributed by atoms with Gasteiger partial charge in [0, 0.05) is 43.6 Å². The van der Waals surface area contributed by atoms with Gasteiger partial charge in [0.25, 0.3) is 0 Å². The highest BCUT2D eigenvalue weighted by atomic mass is 16.1. The number of allylic oxidation sites excluding steroid dienone is 1. The molecule has 0 spiro atoms. The zero-order valence-electron chi connectivity index (χ0n) is 13.8. The van der Waals surface area contributed by atoms with Crippen molar-refractivity contribution in [3.05, 3.63) is 36.2 Å². The molecule has 0 unspecified atom stereocenters. The molecule has 1 N–H and O–H groups in total. The van der Waals surface area contributed by atoms with Crippen LogP contribution in [0.1, 0.15) is 44.9 Å². The van der Waals surface area contributed by atoms with Crippen molar-refractivity contribution >= 4 is 11.6 Å².